The molecule has 2 N–H and O–H groups in total. The van der Waals surface area contributed by atoms with Gasteiger partial charge in [-0.1, -0.05) is 53.7 Å². The Labute approximate surface area is 181 Å². The Morgan fingerprint density at radius 1 is 1.13 bits per heavy atom. The van der Waals surface area contributed by atoms with Crippen LogP contribution in [0.15, 0.2) is 70.7 Å². The number of fused-ring (bicyclic) bond motifs is 1. The molecular formula is C21H18ClN5O2S. The Morgan fingerprint density at radius 3 is 2.67 bits per heavy atom. The number of benzene rings is 2. The molecule has 0 aliphatic carbocycles. The lowest BCUT2D eigenvalue weighted by Gasteiger charge is -2.06. The lowest BCUT2D eigenvalue weighted by molar-refractivity contribution is -0.118. The maximum absolute atomic E-state index is 12.4. The quantitative estimate of drug-likeness (QED) is 0.340. The van der Waals surface area contributed by atoms with Crippen molar-refractivity contribution in [3.05, 3.63) is 81.7 Å². The second kappa shape index (κ2) is 9.15. The Bertz CT molecular complexity index is 1220. The number of nitrogens with zero attached hydrogens (tertiary/aromatic N) is 3. The predicted molar refractivity (Wildman–Crippen MR) is 118 cm³/mol. The molecule has 7 nitrogen and oxygen atoms in total. The fraction of sp³-hybridized carbons (Fsp3) is 0.143. The molecule has 0 bridgehead atoms. The molecule has 2 aromatic heterocycles. The van der Waals surface area contributed by atoms with E-state index in [0.717, 1.165) is 17.7 Å². The van der Waals surface area contributed by atoms with Crippen LogP contribution in [-0.4, -0.2) is 38.0 Å². The molecule has 0 fully saturated rings. The van der Waals surface area contributed by atoms with Crippen LogP contribution in [0.5, 0.6) is 0 Å². The first-order valence-corrected chi connectivity index (χ1v) is 10.6. The van der Waals surface area contributed by atoms with E-state index in [-0.39, 0.29) is 17.2 Å². The number of carbonyl (C=O) groups excluding carboxylic acids is 1. The molecule has 0 spiro atoms. The summed E-state index contributed by atoms with van der Waals surface area (Å²) < 4.78 is 1.57. The second-order valence-corrected chi connectivity index (χ2v) is 7.92. The minimum absolute atomic E-state index is 0.120. The first kappa shape index (κ1) is 20.2. The molecule has 0 aliphatic heterocycles. The van der Waals surface area contributed by atoms with Crippen LogP contribution in [0.25, 0.3) is 16.7 Å². The third kappa shape index (κ3) is 4.72. The summed E-state index contributed by atoms with van der Waals surface area (Å²) in [6, 6.07) is 17.0. The Hall–Kier alpha value is -3.10. The van der Waals surface area contributed by atoms with Gasteiger partial charge in [-0.15, -0.1) is 0 Å². The van der Waals surface area contributed by atoms with Crippen LogP contribution in [0, 0.1) is 0 Å². The van der Waals surface area contributed by atoms with E-state index in [4.69, 9.17) is 11.6 Å². The highest BCUT2D eigenvalue weighted by molar-refractivity contribution is 7.99. The molecule has 4 aromatic rings. The number of amides is 1. The van der Waals surface area contributed by atoms with E-state index < -0.39 is 0 Å². The molecular weight excluding hydrogens is 422 g/mol. The number of halogens is 1. The zero-order valence-corrected chi connectivity index (χ0v) is 17.4. The highest BCUT2D eigenvalue weighted by atomic mass is 35.5. The number of aromatic amines is 1. The molecule has 0 saturated carbocycles. The van der Waals surface area contributed by atoms with Gasteiger partial charge in [0, 0.05) is 11.6 Å². The van der Waals surface area contributed by atoms with Crippen LogP contribution in [0.2, 0.25) is 5.02 Å². The fourth-order valence-electron chi connectivity index (χ4n) is 2.91. The normalized spacial score (nSPS) is 11.0. The van der Waals surface area contributed by atoms with Crippen molar-refractivity contribution >= 4 is 40.3 Å². The van der Waals surface area contributed by atoms with Gasteiger partial charge in [0.05, 0.1) is 17.6 Å². The summed E-state index contributed by atoms with van der Waals surface area (Å²) in [5, 5.41) is 8.49. The van der Waals surface area contributed by atoms with Gasteiger partial charge in [-0.05, 0) is 36.2 Å². The van der Waals surface area contributed by atoms with Gasteiger partial charge in [-0.3, -0.25) is 9.59 Å². The van der Waals surface area contributed by atoms with Gasteiger partial charge in [0.1, 0.15) is 5.39 Å². The van der Waals surface area contributed by atoms with Gasteiger partial charge in [-0.25, -0.2) is 9.67 Å². The topological polar surface area (TPSA) is 92.7 Å². The molecule has 0 radical (unpaired) electrons. The lowest BCUT2D eigenvalue weighted by Crippen LogP contribution is -2.27. The highest BCUT2D eigenvalue weighted by Crippen LogP contribution is 2.19. The largest absolute Gasteiger partial charge is 0.355 e. The number of hydrogen-bond acceptors (Lipinski definition) is 5. The minimum atomic E-state index is -0.299. The molecule has 1 amide bonds. The molecule has 152 valence electrons. The van der Waals surface area contributed by atoms with Crippen molar-refractivity contribution in [1.29, 1.82) is 0 Å². The number of carbonyl (C=O) groups is 1. The summed E-state index contributed by atoms with van der Waals surface area (Å²) in [6.45, 7) is 0.551. The smallest absolute Gasteiger partial charge is 0.262 e. The van der Waals surface area contributed by atoms with E-state index in [0.29, 0.717) is 27.8 Å². The van der Waals surface area contributed by atoms with Crippen molar-refractivity contribution in [2.24, 2.45) is 0 Å². The zero-order valence-electron chi connectivity index (χ0n) is 15.8. The number of hydrogen-bond donors (Lipinski definition) is 2. The monoisotopic (exact) mass is 439 g/mol. The number of H-pyrrole nitrogens is 1. The summed E-state index contributed by atoms with van der Waals surface area (Å²) in [5.41, 5.74) is 2.03. The molecule has 30 heavy (non-hydrogen) atoms. The van der Waals surface area contributed by atoms with Crippen molar-refractivity contribution in [2.75, 3.05) is 12.3 Å². The zero-order chi connectivity index (χ0) is 20.9. The van der Waals surface area contributed by atoms with Crippen molar-refractivity contribution in [2.45, 2.75) is 11.6 Å². The van der Waals surface area contributed by atoms with Crippen LogP contribution < -0.4 is 10.9 Å². The summed E-state index contributed by atoms with van der Waals surface area (Å²) in [5.74, 6) is 0.0306. The first-order valence-electron chi connectivity index (χ1n) is 9.27. The average Bonchev–Trinajstić information content (AvgIpc) is 3.18. The lowest BCUT2D eigenvalue weighted by atomic mass is 10.1. The van der Waals surface area contributed by atoms with E-state index in [1.165, 1.54) is 18.0 Å². The summed E-state index contributed by atoms with van der Waals surface area (Å²) >= 11 is 7.11. The molecule has 2 heterocycles. The van der Waals surface area contributed by atoms with Crippen LogP contribution in [0.4, 0.5) is 0 Å². The second-order valence-electron chi connectivity index (χ2n) is 6.52. The van der Waals surface area contributed by atoms with Crippen LogP contribution >= 0.6 is 23.4 Å². The molecule has 4 rings (SSSR count). The Morgan fingerprint density at radius 2 is 1.90 bits per heavy atom. The number of nitrogens with one attached hydrogen (secondary N) is 2. The number of rotatable bonds is 7. The van der Waals surface area contributed by atoms with E-state index >= 15 is 0 Å². The van der Waals surface area contributed by atoms with E-state index in [1.807, 2.05) is 30.3 Å². The third-order valence-electron chi connectivity index (χ3n) is 4.41. The van der Waals surface area contributed by atoms with Crippen molar-refractivity contribution in [3.63, 3.8) is 0 Å². The Balaban J connectivity index is 1.43. The third-order valence-corrected chi connectivity index (χ3v) is 5.53. The van der Waals surface area contributed by atoms with Crippen LogP contribution in [-0.2, 0) is 11.2 Å². The van der Waals surface area contributed by atoms with Gasteiger partial charge >= 0.3 is 0 Å². The van der Waals surface area contributed by atoms with Gasteiger partial charge in [0.2, 0.25) is 5.91 Å². The molecule has 0 saturated heterocycles. The average molecular weight is 440 g/mol. The summed E-state index contributed by atoms with van der Waals surface area (Å²) in [7, 11) is 0. The fourth-order valence-corrected chi connectivity index (χ4v) is 3.73. The van der Waals surface area contributed by atoms with Gasteiger partial charge < -0.3 is 10.3 Å². The predicted octanol–water partition coefficient (Wildman–Crippen LogP) is 3.21. The van der Waals surface area contributed by atoms with Crippen molar-refractivity contribution < 1.29 is 4.79 Å². The van der Waals surface area contributed by atoms with E-state index in [2.05, 4.69) is 20.4 Å². The minimum Gasteiger partial charge on any atom is -0.355 e. The number of aromatic nitrogens is 4. The van der Waals surface area contributed by atoms with Gasteiger partial charge in [0.25, 0.3) is 5.56 Å². The maximum Gasteiger partial charge on any atom is 0.262 e. The molecule has 0 aliphatic rings. The maximum atomic E-state index is 12.4. The van der Waals surface area contributed by atoms with Gasteiger partial charge in [0.15, 0.2) is 10.8 Å². The standard InChI is InChI=1S/C21H18ClN5O2S/c22-15-6-8-16(9-7-15)27-19-17(12-24-27)20(29)26-21(25-19)30-13-18(28)23-11-10-14-4-2-1-3-5-14/h1-9,12H,10-11,13H2,(H,23,28)(H,25,26,29). The van der Waals surface area contributed by atoms with Crippen LogP contribution in [0.1, 0.15) is 5.56 Å². The SMILES string of the molecule is O=C(CSc1nc2c(cnn2-c2ccc(Cl)cc2)c(=O)[nH]1)NCCc1ccccc1. The van der Waals surface area contributed by atoms with E-state index in [1.54, 1.807) is 28.9 Å². The molecule has 2 aromatic carbocycles. The number of thioether (sulfide) groups is 1. The molecule has 0 unspecified atom stereocenters. The summed E-state index contributed by atoms with van der Waals surface area (Å²) in [6.07, 6.45) is 2.24. The van der Waals surface area contributed by atoms with Gasteiger partial charge in [-0.2, -0.15) is 5.10 Å². The highest BCUT2D eigenvalue weighted by Gasteiger charge is 2.13. The summed E-state index contributed by atoms with van der Waals surface area (Å²) in [4.78, 5) is 31.7. The van der Waals surface area contributed by atoms with Crippen LogP contribution in [0.3, 0.4) is 0 Å². The molecule has 9 heteroatoms. The Kier molecular flexibility index (Phi) is 6.15. The first-order chi connectivity index (χ1) is 14.6. The molecule has 0 atom stereocenters. The van der Waals surface area contributed by atoms with Crippen molar-refractivity contribution in [1.82, 2.24) is 25.1 Å². The van der Waals surface area contributed by atoms with E-state index in [9.17, 15) is 9.59 Å². The van der Waals surface area contributed by atoms with Crippen molar-refractivity contribution in [3.8, 4) is 5.69 Å².